The molecule has 2 N–H and O–H groups in total. The molecule has 72 valence electrons. The molecule has 0 saturated heterocycles. The summed E-state index contributed by atoms with van der Waals surface area (Å²) in [6.45, 7) is 0. The Bertz CT molecular complexity index is 470. The van der Waals surface area contributed by atoms with E-state index in [9.17, 15) is 4.39 Å². The van der Waals surface area contributed by atoms with Gasteiger partial charge in [0.1, 0.15) is 5.82 Å². The molecule has 0 aliphatic heterocycles. The third-order valence-corrected chi connectivity index (χ3v) is 2.38. The Balaban J connectivity index is 2.52. The Kier molecular flexibility index (Phi) is 2.25. The van der Waals surface area contributed by atoms with E-state index in [2.05, 4.69) is 20.9 Å². The molecular weight excluding hydrogens is 251 g/mol. The predicted octanol–water partition coefficient (Wildman–Crippen LogP) is 2.83. The molecule has 0 aliphatic rings. The second kappa shape index (κ2) is 3.42. The molecule has 1 aromatic heterocycles. The molecule has 0 saturated carbocycles. The summed E-state index contributed by atoms with van der Waals surface area (Å²) in [5, 5.41) is 0. The lowest BCUT2D eigenvalue weighted by molar-refractivity contribution is 0.593. The van der Waals surface area contributed by atoms with Gasteiger partial charge in [-0.15, -0.1) is 0 Å². The number of nitrogens with two attached hydrogens (primary N) is 1. The normalized spacial score (nSPS) is 10.4. The molecule has 1 aromatic carbocycles. The maximum atomic E-state index is 12.8. The van der Waals surface area contributed by atoms with Crippen LogP contribution >= 0.6 is 15.9 Å². The molecule has 0 radical (unpaired) electrons. The van der Waals surface area contributed by atoms with Crippen LogP contribution in [0.15, 0.2) is 33.3 Å². The van der Waals surface area contributed by atoms with Gasteiger partial charge in [-0.3, -0.25) is 0 Å². The zero-order valence-electron chi connectivity index (χ0n) is 7.00. The first-order valence-electron chi connectivity index (χ1n) is 3.83. The highest BCUT2D eigenvalue weighted by molar-refractivity contribution is 9.10. The van der Waals surface area contributed by atoms with Gasteiger partial charge in [-0.2, -0.15) is 0 Å². The van der Waals surface area contributed by atoms with Crippen LogP contribution in [0.2, 0.25) is 0 Å². The minimum Gasteiger partial charge on any atom is -0.424 e. The molecule has 0 amide bonds. The van der Waals surface area contributed by atoms with Crippen LogP contribution < -0.4 is 5.73 Å². The van der Waals surface area contributed by atoms with Gasteiger partial charge in [0.25, 0.3) is 6.01 Å². The molecule has 14 heavy (non-hydrogen) atoms. The number of rotatable bonds is 1. The number of benzene rings is 1. The highest BCUT2D eigenvalue weighted by atomic mass is 79.9. The Morgan fingerprint density at radius 2 is 2.21 bits per heavy atom. The highest BCUT2D eigenvalue weighted by Gasteiger charge is 2.08. The fourth-order valence-corrected chi connectivity index (χ4v) is 1.65. The van der Waals surface area contributed by atoms with Gasteiger partial charge >= 0.3 is 0 Å². The fourth-order valence-electron chi connectivity index (χ4n) is 1.10. The lowest BCUT2D eigenvalue weighted by Crippen LogP contribution is -1.81. The average Bonchev–Trinajstić information content (AvgIpc) is 2.51. The Hall–Kier alpha value is -1.36. The number of hydrogen-bond acceptors (Lipinski definition) is 3. The number of nitrogen functional groups attached to an aromatic ring is 1. The summed E-state index contributed by atoms with van der Waals surface area (Å²) in [4.78, 5) is 3.75. The van der Waals surface area contributed by atoms with E-state index < -0.39 is 0 Å². The molecule has 0 spiro atoms. The van der Waals surface area contributed by atoms with Gasteiger partial charge in [-0.25, -0.2) is 9.37 Å². The summed E-state index contributed by atoms with van der Waals surface area (Å²) in [5.41, 5.74) is 6.05. The van der Waals surface area contributed by atoms with Crippen molar-refractivity contribution in [2.45, 2.75) is 0 Å². The van der Waals surface area contributed by atoms with Crippen molar-refractivity contribution < 1.29 is 8.81 Å². The van der Waals surface area contributed by atoms with Crippen molar-refractivity contribution in [1.82, 2.24) is 4.98 Å². The van der Waals surface area contributed by atoms with E-state index in [0.29, 0.717) is 10.2 Å². The van der Waals surface area contributed by atoms with Crippen LogP contribution in [-0.4, -0.2) is 4.98 Å². The van der Waals surface area contributed by atoms with Gasteiger partial charge in [0.05, 0.1) is 6.20 Å². The molecule has 0 bridgehead atoms. The Morgan fingerprint density at radius 3 is 2.79 bits per heavy atom. The van der Waals surface area contributed by atoms with E-state index >= 15 is 0 Å². The van der Waals surface area contributed by atoms with Crippen LogP contribution in [0.4, 0.5) is 10.4 Å². The topological polar surface area (TPSA) is 52.0 Å². The summed E-state index contributed by atoms with van der Waals surface area (Å²) in [6.07, 6.45) is 1.49. The molecular formula is C9H6BrFN2O. The van der Waals surface area contributed by atoms with Crippen molar-refractivity contribution in [2.75, 3.05) is 5.73 Å². The molecule has 1 heterocycles. The number of aromatic nitrogens is 1. The third kappa shape index (κ3) is 1.63. The summed E-state index contributed by atoms with van der Waals surface area (Å²) in [6, 6.07) is 4.39. The molecule has 0 fully saturated rings. The van der Waals surface area contributed by atoms with Crippen molar-refractivity contribution in [3.05, 3.63) is 34.7 Å². The number of oxazole rings is 1. The molecule has 5 heteroatoms. The minimum absolute atomic E-state index is 0.0937. The Labute approximate surface area is 87.9 Å². The zero-order chi connectivity index (χ0) is 10.1. The molecule has 0 aliphatic carbocycles. The quantitative estimate of drug-likeness (QED) is 0.854. The molecule has 2 aromatic rings. The predicted molar refractivity (Wildman–Crippen MR) is 54.0 cm³/mol. The zero-order valence-corrected chi connectivity index (χ0v) is 8.58. The van der Waals surface area contributed by atoms with Crippen molar-refractivity contribution >= 4 is 21.9 Å². The summed E-state index contributed by atoms with van der Waals surface area (Å²) < 4.78 is 18.5. The Morgan fingerprint density at radius 1 is 1.43 bits per heavy atom. The number of halogens is 2. The van der Waals surface area contributed by atoms with Gasteiger partial charge in [-0.05, 0) is 34.1 Å². The van der Waals surface area contributed by atoms with E-state index in [4.69, 9.17) is 10.2 Å². The number of anilines is 1. The molecule has 0 unspecified atom stereocenters. The van der Waals surface area contributed by atoms with E-state index in [1.807, 2.05) is 0 Å². The molecule has 0 atom stereocenters. The van der Waals surface area contributed by atoms with Crippen LogP contribution in [0, 0.1) is 5.82 Å². The van der Waals surface area contributed by atoms with Crippen LogP contribution in [0.1, 0.15) is 0 Å². The largest absolute Gasteiger partial charge is 0.424 e. The lowest BCUT2D eigenvalue weighted by Gasteiger charge is -1.99. The van der Waals surface area contributed by atoms with Crippen LogP contribution in [0.25, 0.3) is 11.3 Å². The van der Waals surface area contributed by atoms with Crippen molar-refractivity contribution in [3.63, 3.8) is 0 Å². The van der Waals surface area contributed by atoms with Crippen LogP contribution in [0.3, 0.4) is 0 Å². The van der Waals surface area contributed by atoms with Crippen LogP contribution in [0.5, 0.6) is 0 Å². The maximum absolute atomic E-state index is 12.8. The SMILES string of the molecule is Nc1ncc(-c2ccc(F)cc2Br)o1. The summed E-state index contributed by atoms with van der Waals surface area (Å²) in [5.74, 6) is 0.197. The second-order valence-electron chi connectivity index (χ2n) is 2.69. The molecule has 2 rings (SSSR count). The van der Waals surface area contributed by atoms with Gasteiger partial charge in [0.15, 0.2) is 5.76 Å². The van der Waals surface area contributed by atoms with E-state index in [1.54, 1.807) is 6.07 Å². The van der Waals surface area contributed by atoms with E-state index in [0.717, 1.165) is 5.56 Å². The first-order valence-corrected chi connectivity index (χ1v) is 4.63. The van der Waals surface area contributed by atoms with Crippen molar-refractivity contribution in [1.29, 1.82) is 0 Å². The highest BCUT2D eigenvalue weighted by Crippen LogP contribution is 2.29. The first-order chi connectivity index (χ1) is 6.66. The maximum Gasteiger partial charge on any atom is 0.292 e. The smallest absolute Gasteiger partial charge is 0.292 e. The van der Waals surface area contributed by atoms with Gasteiger partial charge in [0.2, 0.25) is 0 Å². The summed E-state index contributed by atoms with van der Waals surface area (Å²) in [7, 11) is 0. The van der Waals surface area contributed by atoms with Crippen LogP contribution in [-0.2, 0) is 0 Å². The number of hydrogen-bond donors (Lipinski definition) is 1. The first kappa shape index (κ1) is 9.21. The van der Waals surface area contributed by atoms with Gasteiger partial charge < -0.3 is 10.2 Å². The number of nitrogens with zero attached hydrogens (tertiary/aromatic N) is 1. The standard InChI is InChI=1S/C9H6BrFN2O/c10-7-3-5(11)1-2-6(7)8-4-13-9(12)14-8/h1-4H,(H2,12,13). The fraction of sp³-hybridized carbons (Fsp3) is 0. The monoisotopic (exact) mass is 256 g/mol. The molecule has 3 nitrogen and oxygen atoms in total. The third-order valence-electron chi connectivity index (χ3n) is 1.72. The van der Waals surface area contributed by atoms with Crippen molar-refractivity contribution in [2.24, 2.45) is 0 Å². The second-order valence-corrected chi connectivity index (χ2v) is 3.54. The minimum atomic E-state index is -0.312. The van der Waals surface area contributed by atoms with E-state index in [-0.39, 0.29) is 11.8 Å². The van der Waals surface area contributed by atoms with Gasteiger partial charge in [0, 0.05) is 10.0 Å². The lowest BCUT2D eigenvalue weighted by atomic mass is 10.2. The summed E-state index contributed by atoms with van der Waals surface area (Å²) >= 11 is 3.22. The van der Waals surface area contributed by atoms with Gasteiger partial charge in [-0.1, -0.05) is 0 Å². The van der Waals surface area contributed by atoms with Crippen molar-refractivity contribution in [3.8, 4) is 11.3 Å². The van der Waals surface area contributed by atoms with E-state index in [1.165, 1.54) is 18.3 Å². The average molecular weight is 257 g/mol.